The summed E-state index contributed by atoms with van der Waals surface area (Å²) in [5.74, 6) is 1.44. The van der Waals surface area contributed by atoms with Gasteiger partial charge in [0.05, 0.1) is 12.0 Å². The zero-order valence-electron chi connectivity index (χ0n) is 14.5. The maximum absolute atomic E-state index is 13.2. The number of amides is 1. The largest absolute Gasteiger partial charge is 0.381 e. The van der Waals surface area contributed by atoms with Crippen molar-refractivity contribution in [2.75, 3.05) is 39.4 Å². The summed E-state index contributed by atoms with van der Waals surface area (Å²) in [5, 5.41) is 0. The molecular weight excluding hydrogens is 302 g/mol. The molecule has 1 aromatic rings. The molecule has 0 bridgehead atoms. The first kappa shape index (κ1) is 16.0. The first-order valence-electron chi connectivity index (χ1n) is 9.16. The molecule has 1 aromatic heterocycles. The van der Waals surface area contributed by atoms with Crippen LogP contribution in [-0.2, 0) is 16.1 Å². The molecule has 3 aliphatic rings. The Balaban J connectivity index is 1.42. The van der Waals surface area contributed by atoms with E-state index in [9.17, 15) is 4.79 Å². The Bertz CT molecular complexity index is 588. The number of carbonyl (C=O) groups excluding carboxylic acids is 1. The van der Waals surface area contributed by atoms with Crippen molar-refractivity contribution in [2.45, 2.75) is 26.3 Å². The predicted octanol–water partition coefficient (Wildman–Crippen LogP) is 1.79. The maximum atomic E-state index is 13.2. The number of rotatable bonds is 4. The predicted molar refractivity (Wildman–Crippen MR) is 91.2 cm³/mol. The van der Waals surface area contributed by atoms with E-state index in [1.807, 2.05) is 17.2 Å². The van der Waals surface area contributed by atoms with E-state index in [-0.39, 0.29) is 5.41 Å². The molecule has 3 saturated heterocycles. The van der Waals surface area contributed by atoms with E-state index >= 15 is 0 Å². The number of likely N-dealkylation sites (tertiary alicyclic amines) is 2. The second-order valence-corrected chi connectivity index (χ2v) is 7.82. The fourth-order valence-corrected chi connectivity index (χ4v) is 4.74. The van der Waals surface area contributed by atoms with E-state index in [1.165, 1.54) is 6.42 Å². The summed E-state index contributed by atoms with van der Waals surface area (Å²) in [6.07, 6.45) is 5.80. The van der Waals surface area contributed by atoms with Gasteiger partial charge in [-0.2, -0.15) is 0 Å². The molecule has 3 atom stereocenters. The second-order valence-electron chi connectivity index (χ2n) is 7.82. The van der Waals surface area contributed by atoms with Crippen molar-refractivity contribution in [2.24, 2.45) is 17.3 Å². The maximum Gasteiger partial charge on any atom is 0.230 e. The average molecular weight is 329 g/mol. The Morgan fingerprint density at radius 2 is 2.38 bits per heavy atom. The molecule has 0 radical (unpaired) electrons. The van der Waals surface area contributed by atoms with Crippen molar-refractivity contribution in [3.05, 3.63) is 30.1 Å². The molecule has 130 valence electrons. The van der Waals surface area contributed by atoms with Gasteiger partial charge in [0, 0.05) is 51.7 Å². The van der Waals surface area contributed by atoms with Crippen LogP contribution in [0.15, 0.2) is 24.5 Å². The van der Waals surface area contributed by atoms with Crippen molar-refractivity contribution in [3.63, 3.8) is 0 Å². The normalized spacial score (nSPS) is 33.9. The molecule has 1 spiro atoms. The molecule has 0 saturated carbocycles. The Morgan fingerprint density at radius 1 is 1.46 bits per heavy atom. The molecule has 1 amide bonds. The van der Waals surface area contributed by atoms with Gasteiger partial charge in [-0.05, 0) is 36.3 Å². The van der Waals surface area contributed by atoms with Gasteiger partial charge in [0.25, 0.3) is 0 Å². The zero-order chi connectivity index (χ0) is 16.6. The van der Waals surface area contributed by atoms with Gasteiger partial charge in [0.1, 0.15) is 0 Å². The molecule has 0 aliphatic carbocycles. The minimum Gasteiger partial charge on any atom is -0.381 e. The lowest BCUT2D eigenvalue weighted by Gasteiger charge is -2.27. The van der Waals surface area contributed by atoms with Crippen LogP contribution in [0.5, 0.6) is 0 Å². The highest BCUT2D eigenvalue weighted by molar-refractivity contribution is 5.86. The molecule has 3 fully saturated rings. The minimum atomic E-state index is -0.165. The van der Waals surface area contributed by atoms with Crippen LogP contribution in [0.25, 0.3) is 0 Å². The van der Waals surface area contributed by atoms with Crippen molar-refractivity contribution >= 4 is 5.91 Å². The highest BCUT2D eigenvalue weighted by Crippen LogP contribution is 2.45. The standard InChI is InChI=1S/C19H27N3O2/c1-15-10-21(11-17-4-8-24-13-17)14-19(15)5-7-22(18(19)23)12-16-3-2-6-20-9-16/h2-3,6,9,15,17H,4-5,7-8,10-14H2,1H3/t15-,17-,19-/m1/s1. The summed E-state index contributed by atoms with van der Waals surface area (Å²) >= 11 is 0. The van der Waals surface area contributed by atoms with E-state index < -0.39 is 0 Å². The van der Waals surface area contributed by atoms with Crippen LogP contribution in [-0.4, -0.2) is 60.1 Å². The quantitative estimate of drug-likeness (QED) is 0.845. The topological polar surface area (TPSA) is 45.7 Å². The third-order valence-corrected chi connectivity index (χ3v) is 6.16. The van der Waals surface area contributed by atoms with Crippen LogP contribution in [0.1, 0.15) is 25.3 Å². The zero-order valence-corrected chi connectivity index (χ0v) is 14.5. The van der Waals surface area contributed by atoms with Crippen molar-refractivity contribution in [3.8, 4) is 0 Å². The lowest BCUT2D eigenvalue weighted by atomic mass is 9.78. The van der Waals surface area contributed by atoms with E-state index in [0.29, 0.717) is 24.3 Å². The molecular formula is C19H27N3O2. The van der Waals surface area contributed by atoms with Crippen LogP contribution in [0.4, 0.5) is 0 Å². The molecule has 24 heavy (non-hydrogen) atoms. The lowest BCUT2D eigenvalue weighted by Crippen LogP contribution is -2.39. The van der Waals surface area contributed by atoms with Gasteiger partial charge in [-0.3, -0.25) is 9.78 Å². The average Bonchev–Trinajstić information content (AvgIpc) is 3.27. The fourth-order valence-electron chi connectivity index (χ4n) is 4.74. The lowest BCUT2D eigenvalue weighted by molar-refractivity contribution is -0.137. The van der Waals surface area contributed by atoms with Crippen LogP contribution in [0, 0.1) is 17.3 Å². The molecule has 3 aliphatic heterocycles. The van der Waals surface area contributed by atoms with E-state index in [1.54, 1.807) is 6.20 Å². The highest BCUT2D eigenvalue weighted by Gasteiger charge is 2.54. The third-order valence-electron chi connectivity index (χ3n) is 6.16. The Labute approximate surface area is 144 Å². The van der Waals surface area contributed by atoms with Gasteiger partial charge in [0.15, 0.2) is 0 Å². The Kier molecular flexibility index (Phi) is 4.31. The smallest absolute Gasteiger partial charge is 0.230 e. The molecule has 0 unspecified atom stereocenters. The molecule has 4 rings (SSSR count). The van der Waals surface area contributed by atoms with Crippen molar-refractivity contribution in [1.82, 2.24) is 14.8 Å². The minimum absolute atomic E-state index is 0.165. The molecule has 4 heterocycles. The van der Waals surface area contributed by atoms with Crippen LogP contribution < -0.4 is 0 Å². The number of carbonyl (C=O) groups is 1. The van der Waals surface area contributed by atoms with Gasteiger partial charge in [-0.15, -0.1) is 0 Å². The van der Waals surface area contributed by atoms with Crippen molar-refractivity contribution in [1.29, 1.82) is 0 Å². The highest BCUT2D eigenvalue weighted by atomic mass is 16.5. The number of aromatic nitrogens is 1. The monoisotopic (exact) mass is 329 g/mol. The van der Waals surface area contributed by atoms with Gasteiger partial charge in [0.2, 0.25) is 5.91 Å². The first-order valence-corrected chi connectivity index (χ1v) is 9.16. The van der Waals surface area contributed by atoms with Crippen LogP contribution >= 0.6 is 0 Å². The van der Waals surface area contributed by atoms with E-state index in [4.69, 9.17) is 4.74 Å². The summed E-state index contributed by atoms with van der Waals surface area (Å²) in [5.41, 5.74) is 0.954. The van der Waals surface area contributed by atoms with Crippen LogP contribution in [0.3, 0.4) is 0 Å². The van der Waals surface area contributed by atoms with E-state index in [0.717, 1.165) is 51.4 Å². The summed E-state index contributed by atoms with van der Waals surface area (Å²) in [4.78, 5) is 21.9. The number of ether oxygens (including phenoxy) is 1. The summed E-state index contributed by atoms with van der Waals surface area (Å²) in [6, 6.07) is 3.99. The third kappa shape index (κ3) is 2.84. The summed E-state index contributed by atoms with van der Waals surface area (Å²) in [6.45, 7) is 8.67. The Hall–Kier alpha value is -1.46. The number of pyridine rings is 1. The fraction of sp³-hybridized carbons (Fsp3) is 0.684. The van der Waals surface area contributed by atoms with Crippen LogP contribution in [0.2, 0.25) is 0 Å². The molecule has 5 heteroatoms. The van der Waals surface area contributed by atoms with Crippen molar-refractivity contribution < 1.29 is 9.53 Å². The SMILES string of the molecule is C[C@@H]1CN(C[C@H]2CCOC2)C[C@]12CCN(Cc1cccnc1)C2=O. The number of hydrogen-bond donors (Lipinski definition) is 0. The molecule has 5 nitrogen and oxygen atoms in total. The van der Waals surface area contributed by atoms with Gasteiger partial charge >= 0.3 is 0 Å². The van der Waals surface area contributed by atoms with Gasteiger partial charge < -0.3 is 14.5 Å². The summed E-state index contributed by atoms with van der Waals surface area (Å²) < 4.78 is 5.51. The van der Waals surface area contributed by atoms with E-state index in [2.05, 4.69) is 22.9 Å². The second kappa shape index (κ2) is 6.45. The van der Waals surface area contributed by atoms with Gasteiger partial charge in [-0.1, -0.05) is 13.0 Å². The molecule has 0 aromatic carbocycles. The number of nitrogens with zero attached hydrogens (tertiary/aromatic N) is 3. The number of hydrogen-bond acceptors (Lipinski definition) is 4. The summed E-state index contributed by atoms with van der Waals surface area (Å²) in [7, 11) is 0. The molecule has 0 N–H and O–H groups in total. The van der Waals surface area contributed by atoms with Gasteiger partial charge in [-0.25, -0.2) is 0 Å². The first-order chi connectivity index (χ1) is 11.7. The Morgan fingerprint density at radius 3 is 3.12 bits per heavy atom.